The van der Waals surface area contributed by atoms with E-state index >= 15 is 0 Å². The summed E-state index contributed by atoms with van der Waals surface area (Å²) in [6.45, 7) is 8.17. The third kappa shape index (κ3) is 36.5. The third-order valence-electron chi connectivity index (χ3n) is 20.5. The number of carboxylic acid groups (broad SMARTS) is 2. The predicted molar refractivity (Wildman–Crippen MR) is 592 cm³/mol. The highest BCUT2D eigenvalue weighted by Crippen LogP contribution is 2.61. The minimum atomic E-state index is -3.22. The lowest BCUT2D eigenvalue weighted by atomic mass is 10.1. The summed E-state index contributed by atoms with van der Waals surface area (Å²) >= 11 is 19.8. The van der Waals surface area contributed by atoms with Crippen molar-refractivity contribution in [2.45, 2.75) is 46.7 Å². The number of nitrogens with one attached hydrogen (secondary N) is 4. The fourth-order valence-corrected chi connectivity index (χ4v) is 13.8. The molecular formula is C110H106Cl4N23O10P. The molecule has 0 fully saturated rings. The van der Waals surface area contributed by atoms with Crippen LogP contribution in [-0.4, -0.2) is 154 Å². The van der Waals surface area contributed by atoms with Crippen molar-refractivity contribution in [2.24, 2.45) is 11.5 Å². The van der Waals surface area contributed by atoms with E-state index in [-0.39, 0.29) is 33.8 Å². The molecule has 17 N–H and O–H groups in total. The summed E-state index contributed by atoms with van der Waals surface area (Å²) in [5, 5.41) is 35.7. The van der Waals surface area contributed by atoms with Crippen LogP contribution in [0.3, 0.4) is 0 Å². The molecule has 19 rings (SSSR count). The summed E-state index contributed by atoms with van der Waals surface area (Å²) < 4.78 is 9.51. The van der Waals surface area contributed by atoms with Gasteiger partial charge in [-0.1, -0.05) is 153 Å². The maximum atomic E-state index is 12.9. The standard InChI is InChI=1S/C30H28N6O.C20H14N4O2.C13H8ClN3.C13H9N3O.C12H10N2O.C10H16N2.C7H7NO2.C4H10O.CH4N2O.Cl3OP/c1-20-11-12-21(19-36(2)3)18-27(20)33-29(37)22-13-15-23(16-14-22)32-30-34-25-9-5-4-8-24(25)28(35-30)26-10-6-7-17-31-26;25-19(26)13-8-10-14(11-9-13)22-20-23-16-6-2-1-5-15(16)18(24-20)17-7-3-4-12-21-17;14-13-16-10-6-2-1-5-9(10)12(17-13)11-7-3-4-8-15-11;17-13-15-10-6-2-1-5-9(10)12(16-13)11-7-3-4-8-14-11;13-10-6-2-1-5-9(10)12(15)11-7-3-4-8-14-11;1-8-4-5-9(6-10(8)11)7-12(2)3;8-6-3-1-5(2-4-6)7(9)10;1-2-3-4-5;2-1(3)4;1-5(2,3)4/h4-18H,19H2,1-3H3,(H,33,37)(H,32,34,35);1-12H,(H,25,26)(H,22,23,24);1-8H;1-8H,(H,15,16,17);1-8H,13H2;4-6H,7,11H2,1-3H3;1-4H,8H2,(H,9,10);5H,2-4H2,1H3;(H4,2,3,4);. The Bertz CT molecular complexity index is 7710. The van der Waals surface area contributed by atoms with Gasteiger partial charge in [0.05, 0.1) is 56.0 Å². The topological polar surface area (TPSA) is 523 Å². The second-order valence-electron chi connectivity index (χ2n) is 32.4. The number of aromatic nitrogens is 13. The van der Waals surface area contributed by atoms with Crippen LogP contribution in [0.5, 0.6) is 0 Å². The molecule has 9 heterocycles. The number of aliphatic hydroxyl groups is 1. The van der Waals surface area contributed by atoms with Gasteiger partial charge in [0.25, 0.3) is 5.91 Å². The summed E-state index contributed by atoms with van der Waals surface area (Å²) in [5.74, 6) is -1.31. The number of fused-ring (bicyclic) bond motifs is 4. The second-order valence-corrected chi connectivity index (χ2v) is 39.4. The number of aromatic amines is 1. The second kappa shape index (κ2) is 57.3. The van der Waals surface area contributed by atoms with E-state index in [4.69, 9.17) is 53.9 Å². The lowest BCUT2D eigenvalue weighted by Crippen LogP contribution is -2.18. The number of carbonyl (C=O) groups excluding carboxylic acids is 3. The van der Waals surface area contributed by atoms with Gasteiger partial charge in [-0.3, -0.25) is 39.1 Å². The number of nitrogens with zero attached hydrogens (tertiary/aromatic N) is 14. The van der Waals surface area contributed by atoms with Crippen LogP contribution in [0.25, 0.3) is 89.2 Å². The largest absolute Gasteiger partial charge is 0.478 e. The normalized spacial score (nSPS) is 10.4. The average Bonchev–Trinajstić information content (AvgIpc) is 0.783. The minimum absolute atomic E-state index is 0.145. The number of aliphatic hydroxyl groups excluding tert-OH is 1. The molecule has 754 valence electrons. The van der Waals surface area contributed by atoms with E-state index in [1.807, 2.05) is 228 Å². The lowest BCUT2D eigenvalue weighted by Gasteiger charge is -2.14. The number of halogens is 4. The first-order valence-electron chi connectivity index (χ1n) is 45.5. The number of hydrogen-bond acceptors (Lipinski definition) is 27. The van der Waals surface area contributed by atoms with Crippen LogP contribution in [0.1, 0.15) is 89.1 Å². The first-order chi connectivity index (χ1) is 71.1. The van der Waals surface area contributed by atoms with Crippen molar-refractivity contribution in [1.82, 2.24) is 74.6 Å². The van der Waals surface area contributed by atoms with Gasteiger partial charge in [-0.25, -0.2) is 49.1 Å². The van der Waals surface area contributed by atoms with Crippen molar-refractivity contribution in [1.29, 1.82) is 0 Å². The number of carboxylic acids is 2. The number of amides is 3. The molecule has 148 heavy (non-hydrogen) atoms. The van der Waals surface area contributed by atoms with Crippen LogP contribution >= 0.6 is 50.5 Å². The van der Waals surface area contributed by atoms with Crippen molar-refractivity contribution in [2.75, 3.05) is 67.9 Å². The van der Waals surface area contributed by atoms with Gasteiger partial charge in [0, 0.05) is 117 Å². The fraction of sp³-hybridized carbons (Fsp3) is 0.109. The van der Waals surface area contributed by atoms with E-state index < -0.39 is 23.2 Å². The molecule has 0 saturated heterocycles. The van der Waals surface area contributed by atoms with Gasteiger partial charge < -0.3 is 74.7 Å². The Morgan fingerprint density at radius 3 is 1.20 bits per heavy atom. The number of urea groups is 1. The summed E-state index contributed by atoms with van der Waals surface area (Å²) in [5.41, 5.74) is 44.9. The van der Waals surface area contributed by atoms with Crippen LogP contribution in [0.4, 0.5) is 50.8 Å². The molecular weight excluding hydrogens is 1980 g/mol. The van der Waals surface area contributed by atoms with E-state index in [0.29, 0.717) is 63.8 Å². The molecule has 0 saturated carbocycles. The number of nitrogens with two attached hydrogens (primary N) is 5. The first-order valence-corrected chi connectivity index (χ1v) is 50.3. The molecule has 0 bridgehead atoms. The highest BCUT2D eigenvalue weighted by molar-refractivity contribution is 8.24. The van der Waals surface area contributed by atoms with E-state index in [9.17, 15) is 28.5 Å². The van der Waals surface area contributed by atoms with Gasteiger partial charge in [-0.05, 0) is 298 Å². The summed E-state index contributed by atoms with van der Waals surface area (Å²) in [6, 6.07) is 97.1. The Kier molecular flexibility index (Phi) is 43.6. The number of rotatable bonds is 20. The van der Waals surface area contributed by atoms with Crippen molar-refractivity contribution >= 4 is 170 Å². The van der Waals surface area contributed by atoms with Gasteiger partial charge in [0.1, 0.15) is 28.5 Å². The van der Waals surface area contributed by atoms with Crippen LogP contribution in [-0.2, 0) is 17.7 Å². The molecule has 33 nitrogen and oxygen atoms in total. The Morgan fingerprint density at radius 2 is 0.797 bits per heavy atom. The highest BCUT2D eigenvalue weighted by atomic mass is 36.0. The SMILES string of the molecule is CCCCO.Cc1ccc(CN(C)C)cc1N.Cc1ccc(CN(C)C)cc1NC(=O)c1ccc(Nc2nc(-c3ccccn3)c3ccccc3n2)cc1.Clc1nc(-c2ccccn2)c2ccccc2n1.NC(N)=O.Nc1ccc(C(=O)O)cc1.Nc1ccccc1C(=O)c1ccccn1.O=C(O)c1ccc(Nc2nc(-c3ccccn3)c3ccccc3n2)cc1.O=P(Cl)(Cl)Cl.O=c1nc(-c2ccccn2)c2ccccc2[nH]1. The van der Waals surface area contributed by atoms with Crippen LogP contribution in [0, 0.1) is 13.8 Å². The lowest BCUT2D eigenvalue weighted by molar-refractivity contribution is 0.0686. The van der Waals surface area contributed by atoms with Gasteiger partial charge in [0.2, 0.25) is 23.0 Å². The molecule has 0 aliphatic rings. The number of H-pyrrole nitrogens is 1. The first kappa shape index (κ1) is 113. The number of ketones is 1. The monoisotopic (exact) mass is 2080 g/mol. The Labute approximate surface area is 872 Å². The number of aryl methyl sites for hydroxylation is 2. The fourth-order valence-electron chi connectivity index (χ4n) is 13.6. The average molecular weight is 2080 g/mol. The Hall–Kier alpha value is -17.3. The smallest absolute Gasteiger partial charge is 0.346 e. The van der Waals surface area contributed by atoms with E-state index in [0.717, 1.165) is 137 Å². The number of anilines is 8. The van der Waals surface area contributed by atoms with Crippen molar-refractivity contribution in [3.05, 3.63) is 418 Å². The Morgan fingerprint density at radius 1 is 0.419 bits per heavy atom. The van der Waals surface area contributed by atoms with E-state index in [1.165, 1.54) is 29.8 Å². The van der Waals surface area contributed by atoms with Gasteiger partial charge in [-0.2, -0.15) is 4.98 Å². The molecule has 3 amide bonds. The van der Waals surface area contributed by atoms with Crippen LogP contribution in [0.15, 0.2) is 357 Å². The molecule has 19 aromatic rings. The minimum Gasteiger partial charge on any atom is -0.478 e. The summed E-state index contributed by atoms with van der Waals surface area (Å²) in [7, 11) is 8.15. The number of aromatic carboxylic acids is 2. The number of unbranched alkanes of at least 4 members (excludes halogenated alkanes) is 1. The third-order valence-corrected chi connectivity index (χ3v) is 20.7. The molecule has 0 unspecified atom stereocenters. The van der Waals surface area contributed by atoms with Crippen molar-refractivity contribution in [3.63, 3.8) is 0 Å². The zero-order valence-electron chi connectivity index (χ0n) is 81.3. The molecule has 9 aromatic heterocycles. The number of para-hydroxylation sites is 5. The molecule has 0 aliphatic heterocycles. The number of primary amides is 2. The summed E-state index contributed by atoms with van der Waals surface area (Å²) in [6.07, 6.45) is 10.5. The summed E-state index contributed by atoms with van der Waals surface area (Å²) in [4.78, 5) is 126. The number of nitrogen functional groups attached to an aromatic ring is 3. The van der Waals surface area contributed by atoms with Crippen molar-refractivity contribution < 1.29 is 43.9 Å². The zero-order valence-corrected chi connectivity index (χ0v) is 85.2. The molecule has 0 aliphatic carbocycles. The zero-order chi connectivity index (χ0) is 107. The number of carbonyl (C=O) groups is 5. The number of benzene rings is 10. The maximum absolute atomic E-state index is 12.9. The van der Waals surface area contributed by atoms with Crippen LogP contribution < -0.4 is 50.3 Å². The number of hydrogen-bond donors (Lipinski definition) is 12. The highest BCUT2D eigenvalue weighted by Gasteiger charge is 2.19. The molecule has 0 atom stereocenters. The van der Waals surface area contributed by atoms with E-state index in [2.05, 4.69) is 170 Å². The van der Waals surface area contributed by atoms with E-state index in [1.54, 1.807) is 110 Å². The van der Waals surface area contributed by atoms with Gasteiger partial charge in [-0.15, -0.1) is 0 Å². The van der Waals surface area contributed by atoms with Gasteiger partial charge >= 0.3 is 28.9 Å². The predicted octanol–water partition coefficient (Wildman–Crippen LogP) is 22.6. The molecule has 38 heteroatoms. The molecule has 0 spiro atoms. The number of pyridine rings is 5. The molecule has 10 aromatic carbocycles. The van der Waals surface area contributed by atoms with Crippen molar-refractivity contribution in [3.8, 4) is 45.6 Å². The molecule has 0 radical (unpaired) electrons. The van der Waals surface area contributed by atoms with Gasteiger partial charge in [0.15, 0.2) is 0 Å². The Balaban J connectivity index is 0.000000179. The van der Waals surface area contributed by atoms with Crippen LogP contribution in [0.2, 0.25) is 5.28 Å². The quantitative estimate of drug-likeness (QED) is 0.0146. The maximum Gasteiger partial charge on any atom is 0.346 e.